The van der Waals surface area contributed by atoms with Crippen LogP contribution in [0.4, 0.5) is 0 Å². The molecule has 2 saturated heterocycles. The molecule has 2 fully saturated rings. The van der Waals surface area contributed by atoms with Crippen LogP contribution in [0.25, 0.3) is 0 Å². The summed E-state index contributed by atoms with van der Waals surface area (Å²) in [5.74, 6) is 0. The summed E-state index contributed by atoms with van der Waals surface area (Å²) >= 11 is 0. The van der Waals surface area contributed by atoms with E-state index in [2.05, 4.69) is 54.1 Å². The van der Waals surface area contributed by atoms with E-state index < -0.39 is 0 Å². The summed E-state index contributed by atoms with van der Waals surface area (Å²) in [6.45, 7) is 7.62. The van der Waals surface area contributed by atoms with Crippen molar-refractivity contribution in [3.63, 3.8) is 0 Å². The van der Waals surface area contributed by atoms with Gasteiger partial charge in [0, 0.05) is 24.8 Å². The number of ether oxygens (including phenoxy) is 1. The second kappa shape index (κ2) is 8.26. The number of benzene rings is 1. The van der Waals surface area contributed by atoms with E-state index >= 15 is 0 Å². The van der Waals surface area contributed by atoms with E-state index in [0.717, 1.165) is 43.8 Å². The lowest BCUT2D eigenvalue weighted by molar-refractivity contribution is -0.00860. The summed E-state index contributed by atoms with van der Waals surface area (Å²) in [4.78, 5) is 7.26. The third-order valence-corrected chi connectivity index (χ3v) is 7.07. The van der Waals surface area contributed by atoms with Gasteiger partial charge in [-0.05, 0) is 82.3 Å². The molecule has 0 bridgehead atoms. The first-order chi connectivity index (χ1) is 14.0. The highest BCUT2D eigenvalue weighted by atomic mass is 16.5. The zero-order valence-corrected chi connectivity index (χ0v) is 17.6. The van der Waals surface area contributed by atoms with Crippen LogP contribution in [0.5, 0.6) is 0 Å². The molecular formula is C25H31N3O. The fourth-order valence-electron chi connectivity index (χ4n) is 5.09. The molecule has 4 rings (SSSR count). The molecule has 1 aromatic heterocycles. The molecule has 2 aliphatic heterocycles. The minimum Gasteiger partial charge on any atom is -0.378 e. The molecule has 4 nitrogen and oxygen atoms in total. The Hall–Kier alpha value is -2.22. The monoisotopic (exact) mass is 389 g/mol. The Bertz CT molecular complexity index is 850. The average molecular weight is 390 g/mol. The van der Waals surface area contributed by atoms with Gasteiger partial charge in [0.1, 0.15) is 0 Å². The second-order valence-electron chi connectivity index (χ2n) is 9.12. The van der Waals surface area contributed by atoms with Crippen molar-refractivity contribution in [3.05, 3.63) is 65.5 Å². The third kappa shape index (κ3) is 4.08. The summed E-state index contributed by atoms with van der Waals surface area (Å²) in [5.41, 5.74) is 3.28. The van der Waals surface area contributed by atoms with Crippen molar-refractivity contribution in [2.75, 3.05) is 19.7 Å². The summed E-state index contributed by atoms with van der Waals surface area (Å²) < 4.78 is 6.25. The van der Waals surface area contributed by atoms with Crippen LogP contribution >= 0.6 is 0 Å². The summed E-state index contributed by atoms with van der Waals surface area (Å²) in [5, 5.41) is 9.04. The quantitative estimate of drug-likeness (QED) is 0.719. The van der Waals surface area contributed by atoms with Gasteiger partial charge in [-0.15, -0.1) is 0 Å². The maximum Gasteiger partial charge on any atom is 0.0991 e. The van der Waals surface area contributed by atoms with Gasteiger partial charge >= 0.3 is 0 Å². The minimum atomic E-state index is -0.0872. The molecule has 3 heterocycles. The van der Waals surface area contributed by atoms with Crippen LogP contribution in [0.3, 0.4) is 0 Å². The Labute approximate surface area is 174 Å². The molecule has 0 amide bonds. The lowest BCUT2D eigenvalue weighted by Crippen LogP contribution is -2.44. The number of aryl methyl sites for hydroxylation is 1. The van der Waals surface area contributed by atoms with Crippen molar-refractivity contribution in [2.24, 2.45) is 5.41 Å². The van der Waals surface area contributed by atoms with Crippen LogP contribution in [0.1, 0.15) is 56.4 Å². The molecule has 2 aliphatic rings. The zero-order valence-electron chi connectivity index (χ0n) is 17.6. The molecule has 0 aliphatic carbocycles. The summed E-state index contributed by atoms with van der Waals surface area (Å²) in [6.07, 6.45) is 7.92. The Morgan fingerprint density at radius 2 is 2.07 bits per heavy atom. The molecular weight excluding hydrogens is 358 g/mol. The molecule has 0 radical (unpaired) electrons. The topological polar surface area (TPSA) is 49.2 Å². The molecule has 1 unspecified atom stereocenters. The number of aromatic nitrogens is 1. The summed E-state index contributed by atoms with van der Waals surface area (Å²) in [6, 6.07) is 16.5. The number of likely N-dealkylation sites (tertiary alicyclic amines) is 1. The van der Waals surface area contributed by atoms with Crippen molar-refractivity contribution >= 4 is 0 Å². The first kappa shape index (κ1) is 20.1. The van der Waals surface area contributed by atoms with E-state index in [1.165, 1.54) is 24.8 Å². The van der Waals surface area contributed by atoms with Gasteiger partial charge in [-0.1, -0.05) is 18.2 Å². The number of hydrogen-bond acceptors (Lipinski definition) is 4. The maximum absolute atomic E-state index is 9.04. The largest absolute Gasteiger partial charge is 0.378 e. The van der Waals surface area contributed by atoms with Gasteiger partial charge < -0.3 is 4.74 Å². The lowest BCUT2D eigenvalue weighted by Gasteiger charge is -2.39. The van der Waals surface area contributed by atoms with Crippen LogP contribution in [-0.4, -0.2) is 35.7 Å². The molecule has 1 aromatic carbocycles. The Balaban J connectivity index is 1.52. The number of rotatable bonds is 6. The average Bonchev–Trinajstić information content (AvgIpc) is 3.44. The first-order valence-corrected chi connectivity index (χ1v) is 10.8. The van der Waals surface area contributed by atoms with Gasteiger partial charge in [0.15, 0.2) is 0 Å². The standard InChI is InChI=1S/C25H31N3O/c1-24(2,22-6-3-4-15-27-22)28-16-14-25(19-28,23-7-5-17-29-23)13-12-20-8-10-21(18-26)11-9-20/h3-4,6,8-11,15,23H,5,7,12-14,16-17,19H2,1-2H3/t23?,25-/m0/s1. The molecule has 0 N–H and O–H groups in total. The highest BCUT2D eigenvalue weighted by molar-refractivity contribution is 5.31. The van der Waals surface area contributed by atoms with Crippen molar-refractivity contribution in [1.82, 2.24) is 9.88 Å². The van der Waals surface area contributed by atoms with Gasteiger partial charge in [-0.2, -0.15) is 5.26 Å². The molecule has 0 spiro atoms. The smallest absolute Gasteiger partial charge is 0.0991 e. The number of hydrogen-bond donors (Lipinski definition) is 0. The van der Waals surface area contributed by atoms with Crippen LogP contribution in [0.2, 0.25) is 0 Å². The highest BCUT2D eigenvalue weighted by Gasteiger charge is 2.49. The number of nitriles is 1. The third-order valence-electron chi connectivity index (χ3n) is 7.07. The van der Waals surface area contributed by atoms with Crippen molar-refractivity contribution in [2.45, 2.75) is 57.6 Å². The van der Waals surface area contributed by atoms with Gasteiger partial charge in [0.05, 0.1) is 29.0 Å². The number of pyridine rings is 1. The zero-order chi connectivity index (χ0) is 20.3. The number of nitrogens with zero attached hydrogens (tertiary/aromatic N) is 3. The molecule has 152 valence electrons. The second-order valence-corrected chi connectivity index (χ2v) is 9.12. The SMILES string of the molecule is CC(C)(c1ccccn1)N1CC[C@](CCc2ccc(C#N)cc2)(C2CCCO2)C1. The Morgan fingerprint density at radius 1 is 1.24 bits per heavy atom. The molecule has 4 heteroatoms. The van der Waals surface area contributed by atoms with E-state index in [1.807, 2.05) is 24.4 Å². The van der Waals surface area contributed by atoms with Gasteiger partial charge in [-0.25, -0.2) is 0 Å². The van der Waals surface area contributed by atoms with Crippen LogP contribution in [0, 0.1) is 16.7 Å². The molecule has 2 aromatic rings. The van der Waals surface area contributed by atoms with E-state index in [0.29, 0.717) is 6.10 Å². The predicted octanol–water partition coefficient (Wildman–Crippen LogP) is 4.69. The Kier molecular flexibility index (Phi) is 5.72. The highest BCUT2D eigenvalue weighted by Crippen LogP contribution is 2.46. The van der Waals surface area contributed by atoms with E-state index in [9.17, 15) is 0 Å². The first-order valence-electron chi connectivity index (χ1n) is 10.8. The fourth-order valence-corrected chi connectivity index (χ4v) is 5.09. The fraction of sp³-hybridized carbons (Fsp3) is 0.520. The summed E-state index contributed by atoms with van der Waals surface area (Å²) in [7, 11) is 0. The van der Waals surface area contributed by atoms with Gasteiger partial charge in [-0.3, -0.25) is 9.88 Å². The molecule has 29 heavy (non-hydrogen) atoms. The molecule has 0 saturated carbocycles. The van der Waals surface area contributed by atoms with E-state index in [-0.39, 0.29) is 11.0 Å². The van der Waals surface area contributed by atoms with Crippen LogP contribution in [0.15, 0.2) is 48.7 Å². The maximum atomic E-state index is 9.04. The lowest BCUT2D eigenvalue weighted by atomic mass is 9.75. The van der Waals surface area contributed by atoms with E-state index in [1.54, 1.807) is 0 Å². The van der Waals surface area contributed by atoms with Crippen molar-refractivity contribution < 1.29 is 4.74 Å². The predicted molar refractivity (Wildman–Crippen MR) is 114 cm³/mol. The van der Waals surface area contributed by atoms with Crippen LogP contribution in [-0.2, 0) is 16.7 Å². The van der Waals surface area contributed by atoms with Gasteiger partial charge in [0.25, 0.3) is 0 Å². The van der Waals surface area contributed by atoms with Crippen molar-refractivity contribution in [3.8, 4) is 6.07 Å². The molecule has 2 atom stereocenters. The van der Waals surface area contributed by atoms with Crippen LogP contribution < -0.4 is 0 Å². The minimum absolute atomic E-state index is 0.0872. The Morgan fingerprint density at radius 3 is 2.72 bits per heavy atom. The van der Waals surface area contributed by atoms with Crippen molar-refractivity contribution in [1.29, 1.82) is 5.26 Å². The van der Waals surface area contributed by atoms with Gasteiger partial charge in [0.2, 0.25) is 0 Å². The van der Waals surface area contributed by atoms with E-state index in [4.69, 9.17) is 10.00 Å². The normalized spacial score (nSPS) is 25.2.